The third-order valence-electron chi connectivity index (χ3n) is 1.87. The summed E-state index contributed by atoms with van der Waals surface area (Å²) in [5.41, 5.74) is 1.28. The van der Waals surface area contributed by atoms with E-state index in [2.05, 4.69) is 28.6 Å². The van der Waals surface area contributed by atoms with Crippen molar-refractivity contribution in [1.82, 2.24) is 10.6 Å². The first-order valence-corrected chi connectivity index (χ1v) is 4.42. The molecule has 1 rings (SSSR count). The summed E-state index contributed by atoms with van der Waals surface area (Å²) in [7, 11) is 0. The van der Waals surface area contributed by atoms with Gasteiger partial charge in [-0.1, -0.05) is 17.6 Å². The Morgan fingerprint density at radius 1 is 1.77 bits per heavy atom. The largest absolute Gasteiger partial charge is 0.342 e. The molecule has 0 atom stereocenters. The second-order valence-electron chi connectivity index (χ2n) is 2.87. The zero-order valence-corrected chi connectivity index (χ0v) is 7.81. The summed E-state index contributed by atoms with van der Waals surface area (Å²) in [5.74, 6) is 4.81. The maximum Gasteiger partial charge on any atom is 0.296 e. The van der Waals surface area contributed by atoms with E-state index in [-0.39, 0.29) is 5.91 Å². The van der Waals surface area contributed by atoms with Gasteiger partial charge in [0.25, 0.3) is 5.91 Å². The van der Waals surface area contributed by atoms with Crippen LogP contribution in [-0.4, -0.2) is 25.5 Å². The molecule has 3 nitrogen and oxygen atoms in total. The lowest BCUT2D eigenvalue weighted by Gasteiger charge is -2.13. The van der Waals surface area contributed by atoms with E-state index in [1.165, 1.54) is 5.57 Å². The molecule has 1 aliphatic heterocycles. The van der Waals surface area contributed by atoms with Gasteiger partial charge in [-0.3, -0.25) is 4.79 Å². The molecule has 0 aromatic rings. The van der Waals surface area contributed by atoms with Crippen LogP contribution in [0.3, 0.4) is 0 Å². The van der Waals surface area contributed by atoms with Crippen molar-refractivity contribution in [3.8, 4) is 11.8 Å². The van der Waals surface area contributed by atoms with E-state index in [1.807, 2.05) is 0 Å². The van der Waals surface area contributed by atoms with E-state index >= 15 is 0 Å². The molecule has 0 saturated carbocycles. The summed E-state index contributed by atoms with van der Waals surface area (Å²) < 4.78 is 0. The van der Waals surface area contributed by atoms with Crippen LogP contribution in [0.25, 0.3) is 0 Å². The molecule has 0 aromatic heterocycles. The Morgan fingerprint density at radius 2 is 2.62 bits per heavy atom. The van der Waals surface area contributed by atoms with E-state index in [4.69, 9.17) is 0 Å². The number of hydrogen-bond acceptors (Lipinski definition) is 2. The number of hydrogen-bond donors (Lipinski definition) is 2. The molecule has 0 aromatic carbocycles. The highest BCUT2D eigenvalue weighted by Gasteiger charge is 2.03. The summed E-state index contributed by atoms with van der Waals surface area (Å²) in [6.07, 6.45) is 3.13. The SMILES string of the molecule is CC#CC(=O)NCC1=CCNCC1. The summed E-state index contributed by atoms with van der Waals surface area (Å²) in [6.45, 7) is 4.20. The molecule has 0 fully saturated rings. The molecule has 0 saturated heterocycles. The van der Waals surface area contributed by atoms with E-state index in [0.29, 0.717) is 6.54 Å². The van der Waals surface area contributed by atoms with Crippen LogP contribution in [0.4, 0.5) is 0 Å². The topological polar surface area (TPSA) is 41.1 Å². The van der Waals surface area contributed by atoms with Crippen LogP contribution >= 0.6 is 0 Å². The molecule has 70 valence electrons. The first-order chi connectivity index (χ1) is 6.33. The maximum atomic E-state index is 11.0. The average molecular weight is 178 g/mol. The van der Waals surface area contributed by atoms with Crippen molar-refractivity contribution in [2.45, 2.75) is 13.3 Å². The molecule has 3 heteroatoms. The lowest BCUT2D eigenvalue weighted by molar-refractivity contribution is -0.115. The van der Waals surface area contributed by atoms with E-state index in [1.54, 1.807) is 6.92 Å². The van der Waals surface area contributed by atoms with Gasteiger partial charge in [0.05, 0.1) is 0 Å². The van der Waals surface area contributed by atoms with Crippen LogP contribution in [0, 0.1) is 11.8 Å². The van der Waals surface area contributed by atoms with Gasteiger partial charge >= 0.3 is 0 Å². The predicted octanol–water partition coefficient (Wildman–Crippen LogP) is 0.0456. The Morgan fingerprint density at radius 3 is 3.23 bits per heavy atom. The van der Waals surface area contributed by atoms with Crippen molar-refractivity contribution in [1.29, 1.82) is 0 Å². The Kier molecular flexibility index (Phi) is 4.07. The Labute approximate surface area is 78.6 Å². The highest BCUT2D eigenvalue weighted by Crippen LogP contribution is 2.01. The molecule has 1 aliphatic rings. The lowest BCUT2D eigenvalue weighted by atomic mass is 10.1. The molecular formula is C10H14N2O. The first-order valence-electron chi connectivity index (χ1n) is 4.42. The Hall–Kier alpha value is -1.27. The number of nitrogens with one attached hydrogen (secondary N) is 2. The van der Waals surface area contributed by atoms with Gasteiger partial charge in [-0.2, -0.15) is 0 Å². The molecule has 0 bridgehead atoms. The monoisotopic (exact) mass is 178 g/mol. The second-order valence-corrected chi connectivity index (χ2v) is 2.87. The van der Waals surface area contributed by atoms with Crippen molar-refractivity contribution in [2.75, 3.05) is 19.6 Å². The minimum atomic E-state index is -0.193. The van der Waals surface area contributed by atoms with Crippen LogP contribution in [0.1, 0.15) is 13.3 Å². The summed E-state index contributed by atoms with van der Waals surface area (Å²) in [4.78, 5) is 11.0. The van der Waals surface area contributed by atoms with Crippen molar-refractivity contribution < 1.29 is 4.79 Å². The fraction of sp³-hybridized carbons (Fsp3) is 0.500. The number of rotatable bonds is 2. The van der Waals surface area contributed by atoms with Crippen LogP contribution in [0.2, 0.25) is 0 Å². The fourth-order valence-corrected chi connectivity index (χ4v) is 1.18. The van der Waals surface area contributed by atoms with E-state index in [0.717, 1.165) is 19.5 Å². The first kappa shape index (κ1) is 9.82. The Balaban J connectivity index is 2.27. The summed E-state index contributed by atoms with van der Waals surface area (Å²) >= 11 is 0. The minimum Gasteiger partial charge on any atom is -0.342 e. The van der Waals surface area contributed by atoms with Gasteiger partial charge in [-0.25, -0.2) is 0 Å². The van der Waals surface area contributed by atoms with Gasteiger partial charge in [-0.15, -0.1) is 0 Å². The zero-order chi connectivity index (χ0) is 9.52. The minimum absolute atomic E-state index is 0.193. The van der Waals surface area contributed by atoms with Crippen molar-refractivity contribution in [2.24, 2.45) is 0 Å². The molecule has 0 spiro atoms. The van der Waals surface area contributed by atoms with Gasteiger partial charge in [0.15, 0.2) is 0 Å². The van der Waals surface area contributed by atoms with Gasteiger partial charge in [0.2, 0.25) is 0 Å². The van der Waals surface area contributed by atoms with Gasteiger partial charge in [-0.05, 0) is 25.8 Å². The smallest absolute Gasteiger partial charge is 0.296 e. The lowest BCUT2D eigenvalue weighted by Crippen LogP contribution is -2.28. The number of carbonyl (C=O) groups is 1. The standard InChI is InChI=1S/C10H14N2O/c1-2-3-10(13)12-8-9-4-6-11-7-5-9/h4,11H,5-8H2,1H3,(H,12,13). The van der Waals surface area contributed by atoms with Crippen LogP contribution in [0.5, 0.6) is 0 Å². The van der Waals surface area contributed by atoms with E-state index in [9.17, 15) is 4.79 Å². The van der Waals surface area contributed by atoms with Crippen LogP contribution < -0.4 is 10.6 Å². The van der Waals surface area contributed by atoms with E-state index < -0.39 is 0 Å². The highest BCUT2D eigenvalue weighted by molar-refractivity contribution is 5.93. The second kappa shape index (κ2) is 5.39. The number of carbonyl (C=O) groups excluding carboxylic acids is 1. The van der Waals surface area contributed by atoms with Crippen molar-refractivity contribution in [3.63, 3.8) is 0 Å². The third kappa shape index (κ3) is 3.77. The zero-order valence-electron chi connectivity index (χ0n) is 7.81. The Bertz CT molecular complexity index is 270. The molecule has 0 aliphatic carbocycles. The summed E-state index contributed by atoms with van der Waals surface area (Å²) in [6, 6.07) is 0. The fourth-order valence-electron chi connectivity index (χ4n) is 1.18. The van der Waals surface area contributed by atoms with Crippen LogP contribution in [0.15, 0.2) is 11.6 Å². The molecule has 0 unspecified atom stereocenters. The van der Waals surface area contributed by atoms with Gasteiger partial charge < -0.3 is 10.6 Å². The molecule has 13 heavy (non-hydrogen) atoms. The summed E-state index contributed by atoms with van der Waals surface area (Å²) in [5, 5.41) is 5.96. The van der Waals surface area contributed by atoms with Gasteiger partial charge in [0, 0.05) is 13.1 Å². The molecule has 1 amide bonds. The third-order valence-corrected chi connectivity index (χ3v) is 1.87. The predicted molar refractivity (Wildman–Crippen MR) is 52.0 cm³/mol. The number of amides is 1. The quantitative estimate of drug-likeness (QED) is 0.463. The molecule has 1 heterocycles. The average Bonchev–Trinajstić information content (AvgIpc) is 2.17. The normalized spacial score (nSPS) is 15.3. The van der Waals surface area contributed by atoms with Crippen molar-refractivity contribution in [3.05, 3.63) is 11.6 Å². The molecule has 0 radical (unpaired) electrons. The molecule has 2 N–H and O–H groups in total. The molecular weight excluding hydrogens is 164 g/mol. The van der Waals surface area contributed by atoms with Gasteiger partial charge in [0.1, 0.15) is 0 Å². The highest BCUT2D eigenvalue weighted by atomic mass is 16.1. The maximum absolute atomic E-state index is 11.0. The van der Waals surface area contributed by atoms with Crippen LogP contribution in [-0.2, 0) is 4.79 Å². The van der Waals surface area contributed by atoms with Crippen molar-refractivity contribution >= 4 is 5.91 Å².